The van der Waals surface area contributed by atoms with E-state index in [1.807, 2.05) is 13.1 Å². The summed E-state index contributed by atoms with van der Waals surface area (Å²) in [6, 6.07) is 0. The molecule has 0 aliphatic heterocycles. The topological polar surface area (TPSA) is 71.1 Å². The van der Waals surface area contributed by atoms with Crippen LogP contribution in [0.5, 0.6) is 0 Å². The van der Waals surface area contributed by atoms with E-state index in [1.54, 1.807) is 13.8 Å². The van der Waals surface area contributed by atoms with Crippen molar-refractivity contribution in [1.82, 2.24) is 0 Å². The average molecular weight is 292 g/mol. The third kappa shape index (κ3) is 8.74. The minimum absolute atomic E-state index is 0.182. The second-order valence-electron chi connectivity index (χ2n) is 4.82. The van der Waals surface area contributed by atoms with Gasteiger partial charge >= 0.3 is 20.5 Å². The van der Waals surface area contributed by atoms with Gasteiger partial charge < -0.3 is 18.3 Å². The summed E-state index contributed by atoms with van der Waals surface area (Å²) in [4.78, 5) is 22.3. The Hall–Kier alpha value is -0.923. The average Bonchev–Trinajstić information content (AvgIpc) is 2.26. The molecule has 7 heteroatoms. The fraction of sp³-hybridized carbons (Fsp3) is 0.833. The van der Waals surface area contributed by atoms with Crippen LogP contribution in [-0.2, 0) is 27.9 Å². The first kappa shape index (κ1) is 18.1. The summed E-state index contributed by atoms with van der Waals surface area (Å²) in [5.74, 6) is -0.639. The van der Waals surface area contributed by atoms with Crippen molar-refractivity contribution < 1.29 is 27.9 Å². The quantitative estimate of drug-likeness (QED) is 0.500. The van der Waals surface area contributed by atoms with Crippen LogP contribution in [-0.4, -0.2) is 46.9 Å². The van der Waals surface area contributed by atoms with Crippen LogP contribution >= 0.6 is 0 Å². The van der Waals surface area contributed by atoms with Crippen LogP contribution in [0.25, 0.3) is 0 Å². The molecule has 0 aromatic heterocycles. The molecule has 19 heavy (non-hydrogen) atoms. The lowest BCUT2D eigenvalue weighted by Crippen LogP contribution is -2.42. The molecule has 0 heterocycles. The molecule has 0 saturated heterocycles. The maximum atomic E-state index is 11.1. The lowest BCUT2D eigenvalue weighted by Gasteiger charge is -2.29. The highest BCUT2D eigenvalue weighted by Crippen LogP contribution is 2.16. The molecule has 0 amide bonds. The summed E-state index contributed by atoms with van der Waals surface area (Å²) in [5, 5.41) is 0. The Kier molecular flexibility index (Phi) is 7.89. The molecule has 0 N–H and O–H groups in total. The molecule has 0 fully saturated rings. The normalized spacial score (nSPS) is 14.6. The molecule has 0 saturated carbocycles. The van der Waals surface area contributed by atoms with Gasteiger partial charge in [0, 0.05) is 0 Å². The highest BCUT2D eigenvalue weighted by Gasteiger charge is 2.31. The second-order valence-corrected chi connectivity index (χ2v) is 8.09. The number of esters is 2. The molecule has 6 nitrogen and oxygen atoms in total. The Morgan fingerprint density at radius 1 is 0.895 bits per heavy atom. The Bertz CT molecular complexity index is 277. The Morgan fingerprint density at radius 3 is 1.47 bits per heavy atom. The zero-order valence-corrected chi connectivity index (χ0v) is 13.5. The van der Waals surface area contributed by atoms with Crippen molar-refractivity contribution in [2.45, 2.75) is 52.0 Å². The monoisotopic (exact) mass is 292 g/mol. The minimum atomic E-state index is -2.40. The zero-order valence-electron chi connectivity index (χ0n) is 12.5. The van der Waals surface area contributed by atoms with Crippen LogP contribution in [0, 0.1) is 0 Å². The molecule has 0 aliphatic carbocycles. The first-order valence-electron chi connectivity index (χ1n) is 6.19. The van der Waals surface area contributed by atoms with Crippen LogP contribution in [0.2, 0.25) is 13.1 Å². The Morgan fingerprint density at radius 2 is 1.21 bits per heavy atom. The van der Waals surface area contributed by atoms with Gasteiger partial charge in [0.05, 0.1) is 39.3 Å². The molecule has 112 valence electrons. The minimum Gasteiger partial charge on any atom is -0.469 e. The largest absolute Gasteiger partial charge is 0.469 e. The van der Waals surface area contributed by atoms with Crippen molar-refractivity contribution in [2.75, 3.05) is 14.2 Å². The van der Waals surface area contributed by atoms with Gasteiger partial charge in [0.2, 0.25) is 0 Å². The molecule has 0 radical (unpaired) electrons. The predicted molar refractivity (Wildman–Crippen MR) is 71.8 cm³/mol. The highest BCUT2D eigenvalue weighted by atomic mass is 28.4. The number of hydrogen-bond donors (Lipinski definition) is 0. The summed E-state index contributed by atoms with van der Waals surface area (Å²) < 4.78 is 20.7. The summed E-state index contributed by atoms with van der Waals surface area (Å²) in [7, 11) is 0.275. The van der Waals surface area contributed by atoms with Gasteiger partial charge in [0.25, 0.3) is 0 Å². The van der Waals surface area contributed by atoms with Crippen LogP contribution in [0.15, 0.2) is 0 Å². The van der Waals surface area contributed by atoms with E-state index in [-0.39, 0.29) is 37.0 Å². The van der Waals surface area contributed by atoms with Crippen LogP contribution in [0.3, 0.4) is 0 Å². The van der Waals surface area contributed by atoms with Gasteiger partial charge in [-0.2, -0.15) is 0 Å². The summed E-state index contributed by atoms with van der Waals surface area (Å²) in [6.07, 6.45) is -0.192. The van der Waals surface area contributed by atoms with Crippen molar-refractivity contribution in [3.63, 3.8) is 0 Å². The van der Waals surface area contributed by atoms with E-state index in [4.69, 9.17) is 8.85 Å². The van der Waals surface area contributed by atoms with Gasteiger partial charge in [0.15, 0.2) is 0 Å². The zero-order chi connectivity index (χ0) is 15.1. The number of methoxy groups -OCH3 is 2. The van der Waals surface area contributed by atoms with E-state index in [1.165, 1.54) is 14.2 Å². The standard InChI is InChI=1S/C12H24O6Si/c1-9(7-11(13)15-3)17-19(5,6)18-10(2)8-12(14)16-4/h9-10H,7-8H2,1-6H3/t9-,10-/m1/s1. The maximum Gasteiger partial charge on any atom is 0.332 e. The number of ether oxygens (including phenoxy) is 2. The number of carbonyl (C=O) groups excluding carboxylic acids is 2. The molecule has 0 aromatic carbocycles. The summed E-state index contributed by atoms with van der Waals surface area (Å²) in [6.45, 7) is 7.32. The first-order chi connectivity index (χ1) is 8.70. The van der Waals surface area contributed by atoms with Gasteiger partial charge in [-0.05, 0) is 26.9 Å². The van der Waals surface area contributed by atoms with E-state index in [0.717, 1.165) is 0 Å². The smallest absolute Gasteiger partial charge is 0.332 e. The molecular weight excluding hydrogens is 268 g/mol. The van der Waals surface area contributed by atoms with Crippen LogP contribution < -0.4 is 0 Å². The van der Waals surface area contributed by atoms with Crippen LogP contribution in [0.1, 0.15) is 26.7 Å². The van der Waals surface area contributed by atoms with E-state index < -0.39 is 8.56 Å². The van der Waals surface area contributed by atoms with Crippen LogP contribution in [0.4, 0.5) is 0 Å². The van der Waals surface area contributed by atoms with Crippen molar-refractivity contribution in [3.8, 4) is 0 Å². The van der Waals surface area contributed by atoms with Gasteiger partial charge in [-0.15, -0.1) is 0 Å². The summed E-state index contributed by atoms with van der Waals surface area (Å²) in [5.41, 5.74) is 0. The molecule has 0 aliphatic rings. The second kappa shape index (κ2) is 8.29. The molecule has 0 aromatic rings. The van der Waals surface area contributed by atoms with Crippen molar-refractivity contribution >= 4 is 20.5 Å². The van der Waals surface area contributed by atoms with Crippen molar-refractivity contribution in [3.05, 3.63) is 0 Å². The van der Waals surface area contributed by atoms with E-state index >= 15 is 0 Å². The maximum absolute atomic E-state index is 11.1. The molecule has 0 rings (SSSR count). The number of hydrogen-bond acceptors (Lipinski definition) is 6. The lowest BCUT2D eigenvalue weighted by molar-refractivity contribution is -0.142. The molecule has 0 unspecified atom stereocenters. The lowest BCUT2D eigenvalue weighted by atomic mass is 10.3. The van der Waals surface area contributed by atoms with Gasteiger partial charge in [-0.25, -0.2) is 0 Å². The highest BCUT2D eigenvalue weighted by molar-refractivity contribution is 6.64. The van der Waals surface area contributed by atoms with Gasteiger partial charge in [-0.3, -0.25) is 9.59 Å². The fourth-order valence-corrected chi connectivity index (χ4v) is 3.88. The number of carbonyl (C=O) groups is 2. The molecule has 0 spiro atoms. The van der Waals surface area contributed by atoms with E-state index in [9.17, 15) is 9.59 Å². The first-order valence-corrected chi connectivity index (χ1v) is 9.01. The molecule has 2 atom stereocenters. The van der Waals surface area contributed by atoms with Gasteiger partial charge in [-0.1, -0.05) is 0 Å². The molecular formula is C12H24O6Si. The third-order valence-corrected chi connectivity index (χ3v) is 4.27. The van der Waals surface area contributed by atoms with Crippen molar-refractivity contribution in [1.29, 1.82) is 0 Å². The van der Waals surface area contributed by atoms with E-state index in [2.05, 4.69) is 9.47 Å². The Balaban J connectivity index is 4.22. The van der Waals surface area contributed by atoms with E-state index in [0.29, 0.717) is 0 Å². The Labute approximate surface area is 115 Å². The third-order valence-electron chi connectivity index (χ3n) is 2.33. The summed E-state index contributed by atoms with van der Waals surface area (Å²) >= 11 is 0. The molecule has 0 bridgehead atoms. The van der Waals surface area contributed by atoms with Crippen molar-refractivity contribution in [2.24, 2.45) is 0 Å². The fourth-order valence-electron chi connectivity index (χ4n) is 1.72. The number of rotatable bonds is 8. The SMILES string of the molecule is COC(=O)C[C@@H](C)O[Si](C)(C)O[C@H](C)CC(=O)OC. The van der Waals surface area contributed by atoms with Gasteiger partial charge in [0.1, 0.15) is 0 Å². The predicted octanol–water partition coefficient (Wildman–Crippen LogP) is 1.62.